The highest BCUT2D eigenvalue weighted by molar-refractivity contribution is 5.87. The molecule has 2 heterocycles. The van der Waals surface area contributed by atoms with Gasteiger partial charge in [-0.05, 0) is 34.1 Å². The van der Waals surface area contributed by atoms with Crippen LogP contribution in [0.3, 0.4) is 0 Å². The Balaban J connectivity index is 2.11. The summed E-state index contributed by atoms with van der Waals surface area (Å²) in [5.74, 6) is 0.610. The summed E-state index contributed by atoms with van der Waals surface area (Å²) in [5, 5.41) is 4.39. The van der Waals surface area contributed by atoms with Crippen LogP contribution in [0.2, 0.25) is 0 Å². The van der Waals surface area contributed by atoms with Gasteiger partial charge in [-0.25, -0.2) is 0 Å². The molecule has 0 spiro atoms. The molecule has 1 fully saturated rings. The molecule has 3 nitrogen and oxygen atoms in total. The van der Waals surface area contributed by atoms with E-state index in [0.717, 1.165) is 6.54 Å². The number of likely N-dealkylation sites (tertiary alicyclic amines) is 1. The maximum atomic E-state index is 4.39. The zero-order valence-electron chi connectivity index (χ0n) is 9.67. The molecule has 0 aliphatic carbocycles. The van der Waals surface area contributed by atoms with E-state index >= 15 is 0 Å². The average molecular weight is 195 g/mol. The van der Waals surface area contributed by atoms with Crippen molar-refractivity contribution in [2.75, 3.05) is 13.1 Å². The molecule has 0 aromatic heterocycles. The monoisotopic (exact) mass is 195 g/mol. The standard InChI is InChI=1S/C11H21N3/c1-8(2)14-6-5-11(4)10(7-14)9(3)12-13-11/h8,10,13H,5-7H2,1-4H3. The highest BCUT2D eigenvalue weighted by atomic mass is 15.4. The molecule has 0 amide bonds. The van der Waals surface area contributed by atoms with E-state index < -0.39 is 0 Å². The molecule has 80 valence electrons. The van der Waals surface area contributed by atoms with Gasteiger partial charge in [0.05, 0.1) is 5.54 Å². The Morgan fingerprint density at radius 2 is 2.29 bits per heavy atom. The molecule has 2 unspecified atom stereocenters. The number of fused-ring (bicyclic) bond motifs is 1. The topological polar surface area (TPSA) is 27.6 Å². The molecule has 3 heteroatoms. The van der Waals surface area contributed by atoms with Crippen molar-refractivity contribution >= 4 is 5.71 Å². The van der Waals surface area contributed by atoms with Crippen molar-refractivity contribution in [2.24, 2.45) is 11.0 Å². The lowest BCUT2D eigenvalue weighted by Gasteiger charge is -2.43. The van der Waals surface area contributed by atoms with E-state index in [0.29, 0.717) is 12.0 Å². The molecule has 1 saturated heterocycles. The van der Waals surface area contributed by atoms with Crippen molar-refractivity contribution in [1.82, 2.24) is 10.3 Å². The zero-order valence-corrected chi connectivity index (χ0v) is 9.67. The Hall–Kier alpha value is -0.570. The molecule has 0 radical (unpaired) electrons. The fourth-order valence-corrected chi connectivity index (χ4v) is 2.57. The van der Waals surface area contributed by atoms with Crippen LogP contribution in [-0.2, 0) is 0 Å². The van der Waals surface area contributed by atoms with Gasteiger partial charge in [-0.15, -0.1) is 0 Å². The van der Waals surface area contributed by atoms with E-state index in [9.17, 15) is 0 Å². The van der Waals surface area contributed by atoms with Crippen molar-refractivity contribution in [3.05, 3.63) is 0 Å². The van der Waals surface area contributed by atoms with Gasteiger partial charge in [0.2, 0.25) is 0 Å². The smallest absolute Gasteiger partial charge is 0.0626 e. The number of hydrogen-bond acceptors (Lipinski definition) is 3. The summed E-state index contributed by atoms with van der Waals surface area (Å²) >= 11 is 0. The molecule has 2 atom stereocenters. The maximum absolute atomic E-state index is 4.39. The zero-order chi connectivity index (χ0) is 10.3. The largest absolute Gasteiger partial charge is 0.304 e. The van der Waals surface area contributed by atoms with Crippen LogP contribution in [0, 0.1) is 5.92 Å². The highest BCUT2D eigenvalue weighted by Gasteiger charge is 2.44. The first-order valence-electron chi connectivity index (χ1n) is 5.58. The van der Waals surface area contributed by atoms with Crippen molar-refractivity contribution in [1.29, 1.82) is 0 Å². The van der Waals surface area contributed by atoms with Gasteiger partial charge in [-0.1, -0.05) is 0 Å². The number of hydrogen-bond donors (Lipinski definition) is 1. The van der Waals surface area contributed by atoms with E-state index in [4.69, 9.17) is 0 Å². The summed E-state index contributed by atoms with van der Waals surface area (Å²) < 4.78 is 0. The normalized spacial score (nSPS) is 38.1. The minimum Gasteiger partial charge on any atom is -0.304 e. The summed E-state index contributed by atoms with van der Waals surface area (Å²) in [6, 6.07) is 0.660. The molecule has 2 rings (SSSR count). The van der Waals surface area contributed by atoms with Crippen LogP contribution in [-0.4, -0.2) is 35.3 Å². The molecular formula is C11H21N3. The molecule has 0 bridgehead atoms. The van der Waals surface area contributed by atoms with Gasteiger partial charge in [0.15, 0.2) is 0 Å². The van der Waals surface area contributed by atoms with Crippen LogP contribution in [0.15, 0.2) is 5.10 Å². The SMILES string of the molecule is CC1=NNC2(C)CCN(C(C)C)CC12. The Kier molecular flexibility index (Phi) is 2.30. The van der Waals surface area contributed by atoms with Crippen molar-refractivity contribution in [2.45, 2.75) is 45.7 Å². The lowest BCUT2D eigenvalue weighted by atomic mass is 9.78. The highest BCUT2D eigenvalue weighted by Crippen LogP contribution is 2.33. The first-order chi connectivity index (χ1) is 6.53. The van der Waals surface area contributed by atoms with E-state index in [2.05, 4.69) is 43.1 Å². The van der Waals surface area contributed by atoms with E-state index in [1.165, 1.54) is 18.7 Å². The number of nitrogens with one attached hydrogen (secondary N) is 1. The summed E-state index contributed by atoms with van der Waals surface area (Å²) in [5.41, 5.74) is 4.81. The molecule has 14 heavy (non-hydrogen) atoms. The van der Waals surface area contributed by atoms with Crippen LogP contribution in [0.4, 0.5) is 0 Å². The second-order valence-electron chi connectivity index (χ2n) is 5.17. The first kappa shape index (κ1) is 9.97. The second-order valence-corrected chi connectivity index (χ2v) is 5.17. The molecule has 1 N–H and O–H groups in total. The van der Waals surface area contributed by atoms with Crippen LogP contribution < -0.4 is 5.43 Å². The number of nitrogens with zero attached hydrogens (tertiary/aromatic N) is 2. The summed E-state index contributed by atoms with van der Waals surface area (Å²) in [6.45, 7) is 11.4. The average Bonchev–Trinajstić information content (AvgIpc) is 2.42. The van der Waals surface area contributed by atoms with Gasteiger partial charge < -0.3 is 10.3 Å². The van der Waals surface area contributed by atoms with Gasteiger partial charge in [-0.2, -0.15) is 5.10 Å². The predicted molar refractivity (Wildman–Crippen MR) is 59.5 cm³/mol. The van der Waals surface area contributed by atoms with Gasteiger partial charge in [0.1, 0.15) is 0 Å². The fraction of sp³-hybridized carbons (Fsp3) is 0.909. The van der Waals surface area contributed by atoms with E-state index in [-0.39, 0.29) is 5.54 Å². The number of rotatable bonds is 1. The predicted octanol–water partition coefficient (Wildman–Crippen LogP) is 1.45. The van der Waals surface area contributed by atoms with Crippen LogP contribution in [0.5, 0.6) is 0 Å². The fourth-order valence-electron chi connectivity index (χ4n) is 2.57. The molecule has 0 aromatic rings. The molecule has 2 aliphatic heterocycles. The second kappa shape index (κ2) is 3.23. The van der Waals surface area contributed by atoms with Crippen LogP contribution in [0.25, 0.3) is 0 Å². The maximum Gasteiger partial charge on any atom is 0.0626 e. The Morgan fingerprint density at radius 1 is 1.57 bits per heavy atom. The summed E-state index contributed by atoms with van der Waals surface area (Å²) in [7, 11) is 0. The molecule has 2 aliphatic rings. The minimum absolute atomic E-state index is 0.232. The Labute approximate surface area is 86.6 Å². The Morgan fingerprint density at radius 3 is 2.93 bits per heavy atom. The third-order valence-electron chi connectivity index (χ3n) is 3.83. The first-order valence-corrected chi connectivity index (χ1v) is 5.58. The van der Waals surface area contributed by atoms with E-state index in [1.807, 2.05) is 0 Å². The van der Waals surface area contributed by atoms with Gasteiger partial charge >= 0.3 is 0 Å². The van der Waals surface area contributed by atoms with Crippen molar-refractivity contribution in [3.8, 4) is 0 Å². The van der Waals surface area contributed by atoms with Gasteiger partial charge in [0, 0.05) is 30.8 Å². The molecule has 0 aromatic carbocycles. The quantitative estimate of drug-likeness (QED) is 0.686. The minimum atomic E-state index is 0.232. The lowest BCUT2D eigenvalue weighted by Crippen LogP contribution is -2.56. The van der Waals surface area contributed by atoms with Gasteiger partial charge in [0.25, 0.3) is 0 Å². The molecular weight excluding hydrogens is 174 g/mol. The van der Waals surface area contributed by atoms with Crippen molar-refractivity contribution in [3.63, 3.8) is 0 Å². The Bertz CT molecular complexity index is 259. The van der Waals surface area contributed by atoms with Crippen molar-refractivity contribution < 1.29 is 0 Å². The van der Waals surface area contributed by atoms with Crippen LogP contribution in [0.1, 0.15) is 34.1 Å². The summed E-state index contributed by atoms with van der Waals surface area (Å²) in [4.78, 5) is 2.55. The third-order valence-corrected chi connectivity index (χ3v) is 3.83. The van der Waals surface area contributed by atoms with Crippen LogP contribution >= 0.6 is 0 Å². The number of piperidine rings is 1. The summed E-state index contributed by atoms with van der Waals surface area (Å²) in [6.07, 6.45) is 1.21. The van der Waals surface area contributed by atoms with Gasteiger partial charge in [-0.3, -0.25) is 0 Å². The number of hydrazone groups is 1. The molecule has 0 saturated carbocycles. The lowest BCUT2D eigenvalue weighted by molar-refractivity contribution is 0.102. The van der Waals surface area contributed by atoms with E-state index in [1.54, 1.807) is 0 Å². The third kappa shape index (κ3) is 1.44.